The highest BCUT2D eigenvalue weighted by Gasteiger charge is 2.02. The van der Waals surface area contributed by atoms with Crippen LogP contribution in [0.3, 0.4) is 0 Å². The molecule has 0 fully saturated rings. The Bertz CT molecular complexity index is 487. The summed E-state index contributed by atoms with van der Waals surface area (Å²) in [6, 6.07) is 11.3. The number of nitrogens with one attached hydrogen (secondary N) is 1. The lowest BCUT2D eigenvalue weighted by Crippen LogP contribution is -1.99. The number of rotatable bonds is 4. The highest BCUT2D eigenvalue weighted by atomic mass is 35.5. The van der Waals surface area contributed by atoms with Crippen molar-refractivity contribution in [1.82, 2.24) is 10.2 Å². The van der Waals surface area contributed by atoms with E-state index in [4.69, 9.17) is 16.3 Å². The second-order valence-corrected chi connectivity index (χ2v) is 3.84. The third-order valence-corrected chi connectivity index (χ3v) is 2.41. The second kappa shape index (κ2) is 5.61. The number of methoxy groups -OCH3 is 1. The summed E-state index contributed by atoms with van der Waals surface area (Å²) >= 11 is 5.67. The molecule has 0 aliphatic carbocycles. The van der Waals surface area contributed by atoms with Crippen LogP contribution < -0.4 is 5.32 Å². The first kappa shape index (κ1) is 11.8. The van der Waals surface area contributed by atoms with E-state index < -0.39 is 0 Å². The van der Waals surface area contributed by atoms with Crippen LogP contribution in [0.4, 0.5) is 11.5 Å². The smallest absolute Gasteiger partial charge is 0.153 e. The van der Waals surface area contributed by atoms with Gasteiger partial charge < -0.3 is 10.1 Å². The van der Waals surface area contributed by atoms with Gasteiger partial charge in [-0.3, -0.25) is 0 Å². The van der Waals surface area contributed by atoms with Crippen LogP contribution in [0.5, 0.6) is 0 Å². The largest absolute Gasteiger partial charge is 0.380 e. The van der Waals surface area contributed by atoms with Crippen LogP contribution >= 0.6 is 11.6 Å². The topological polar surface area (TPSA) is 47.0 Å². The van der Waals surface area contributed by atoms with Gasteiger partial charge in [-0.2, -0.15) is 0 Å². The number of hydrogen-bond acceptors (Lipinski definition) is 4. The molecule has 2 aromatic rings. The van der Waals surface area contributed by atoms with Gasteiger partial charge in [-0.15, -0.1) is 10.2 Å². The standard InChI is InChI=1S/C12H12ClN3O/c1-17-8-9-4-2-3-5-10(9)14-12-7-6-11(13)15-16-12/h2-7H,8H2,1H3,(H,14,16). The van der Waals surface area contributed by atoms with E-state index in [0.29, 0.717) is 17.6 Å². The van der Waals surface area contributed by atoms with Crippen molar-refractivity contribution in [3.63, 3.8) is 0 Å². The minimum absolute atomic E-state index is 0.376. The van der Waals surface area contributed by atoms with Crippen LogP contribution in [-0.4, -0.2) is 17.3 Å². The first-order chi connectivity index (χ1) is 8.29. The Morgan fingerprint density at radius 3 is 2.71 bits per heavy atom. The fourth-order valence-corrected chi connectivity index (χ4v) is 1.55. The van der Waals surface area contributed by atoms with Crippen molar-refractivity contribution in [3.05, 3.63) is 47.1 Å². The van der Waals surface area contributed by atoms with E-state index in [2.05, 4.69) is 15.5 Å². The molecule has 0 atom stereocenters. The van der Waals surface area contributed by atoms with Gasteiger partial charge >= 0.3 is 0 Å². The van der Waals surface area contributed by atoms with Gasteiger partial charge in [0, 0.05) is 18.4 Å². The lowest BCUT2D eigenvalue weighted by Gasteiger charge is -2.10. The van der Waals surface area contributed by atoms with Crippen LogP contribution in [0.1, 0.15) is 5.56 Å². The van der Waals surface area contributed by atoms with Crippen LogP contribution in [0, 0.1) is 0 Å². The number of nitrogens with zero attached hydrogens (tertiary/aromatic N) is 2. The number of hydrogen-bond donors (Lipinski definition) is 1. The molecule has 1 aromatic heterocycles. The zero-order valence-corrected chi connectivity index (χ0v) is 10.1. The van der Waals surface area contributed by atoms with Gasteiger partial charge in [-0.25, -0.2) is 0 Å². The predicted molar refractivity (Wildman–Crippen MR) is 67.5 cm³/mol. The van der Waals surface area contributed by atoms with Crippen molar-refractivity contribution in [3.8, 4) is 0 Å². The summed E-state index contributed by atoms with van der Waals surface area (Å²) in [5.74, 6) is 0.651. The molecular weight excluding hydrogens is 238 g/mol. The van der Waals surface area contributed by atoms with Crippen molar-refractivity contribution < 1.29 is 4.74 Å². The average Bonchev–Trinajstić information content (AvgIpc) is 2.35. The number of ether oxygens (including phenoxy) is 1. The summed E-state index contributed by atoms with van der Waals surface area (Å²) in [6.45, 7) is 0.546. The molecule has 0 saturated carbocycles. The van der Waals surface area contributed by atoms with Gasteiger partial charge in [-0.1, -0.05) is 29.8 Å². The highest BCUT2D eigenvalue weighted by Crippen LogP contribution is 2.20. The predicted octanol–water partition coefficient (Wildman–Crippen LogP) is 3.02. The molecule has 1 heterocycles. The fraction of sp³-hybridized carbons (Fsp3) is 0.167. The molecule has 0 bridgehead atoms. The van der Waals surface area contributed by atoms with Gasteiger partial charge in [0.05, 0.1) is 6.61 Å². The number of para-hydroxylation sites is 1. The van der Waals surface area contributed by atoms with Crippen molar-refractivity contribution in [2.24, 2.45) is 0 Å². The van der Waals surface area contributed by atoms with E-state index in [0.717, 1.165) is 11.3 Å². The van der Waals surface area contributed by atoms with Gasteiger partial charge in [-0.05, 0) is 18.2 Å². The normalized spacial score (nSPS) is 10.2. The first-order valence-corrected chi connectivity index (χ1v) is 5.50. The Labute approximate surface area is 105 Å². The summed E-state index contributed by atoms with van der Waals surface area (Å²) in [6.07, 6.45) is 0. The molecule has 0 aliphatic rings. The minimum atomic E-state index is 0.376. The maximum absolute atomic E-state index is 5.67. The summed E-state index contributed by atoms with van der Waals surface area (Å²) in [5, 5.41) is 11.3. The second-order valence-electron chi connectivity index (χ2n) is 3.46. The Hall–Kier alpha value is -1.65. The van der Waals surface area contributed by atoms with Gasteiger partial charge in [0.15, 0.2) is 11.0 Å². The number of anilines is 2. The van der Waals surface area contributed by atoms with E-state index in [1.54, 1.807) is 19.2 Å². The zero-order chi connectivity index (χ0) is 12.1. The minimum Gasteiger partial charge on any atom is -0.380 e. The van der Waals surface area contributed by atoms with E-state index in [-0.39, 0.29) is 0 Å². The maximum Gasteiger partial charge on any atom is 0.153 e. The lowest BCUT2D eigenvalue weighted by atomic mass is 10.2. The fourth-order valence-electron chi connectivity index (χ4n) is 1.44. The molecule has 0 amide bonds. The molecule has 0 unspecified atom stereocenters. The molecule has 0 saturated heterocycles. The van der Waals surface area contributed by atoms with E-state index in [1.165, 1.54) is 0 Å². The third kappa shape index (κ3) is 3.15. The van der Waals surface area contributed by atoms with Crippen molar-refractivity contribution >= 4 is 23.1 Å². The zero-order valence-electron chi connectivity index (χ0n) is 9.35. The van der Waals surface area contributed by atoms with E-state index >= 15 is 0 Å². The Morgan fingerprint density at radius 1 is 1.18 bits per heavy atom. The number of aromatic nitrogens is 2. The van der Waals surface area contributed by atoms with Crippen molar-refractivity contribution in [2.45, 2.75) is 6.61 Å². The molecular formula is C12H12ClN3O. The van der Waals surface area contributed by atoms with Gasteiger partial charge in [0.2, 0.25) is 0 Å². The Kier molecular flexibility index (Phi) is 3.90. The van der Waals surface area contributed by atoms with Gasteiger partial charge in [0.25, 0.3) is 0 Å². The third-order valence-electron chi connectivity index (χ3n) is 2.21. The molecule has 1 aromatic carbocycles. The van der Waals surface area contributed by atoms with Crippen molar-refractivity contribution in [1.29, 1.82) is 0 Å². The molecule has 88 valence electrons. The molecule has 0 aliphatic heterocycles. The summed E-state index contributed by atoms with van der Waals surface area (Å²) in [7, 11) is 1.67. The quantitative estimate of drug-likeness (QED) is 0.905. The van der Waals surface area contributed by atoms with Crippen molar-refractivity contribution in [2.75, 3.05) is 12.4 Å². The van der Waals surface area contributed by atoms with Crippen LogP contribution in [0.2, 0.25) is 5.15 Å². The van der Waals surface area contributed by atoms with E-state index in [9.17, 15) is 0 Å². The summed E-state index contributed by atoms with van der Waals surface area (Å²) in [5.41, 5.74) is 2.01. The molecule has 2 rings (SSSR count). The molecule has 1 N–H and O–H groups in total. The summed E-state index contributed by atoms with van der Waals surface area (Å²) in [4.78, 5) is 0. The number of halogens is 1. The van der Waals surface area contributed by atoms with E-state index in [1.807, 2.05) is 24.3 Å². The maximum atomic E-state index is 5.67. The van der Waals surface area contributed by atoms with Crippen LogP contribution in [-0.2, 0) is 11.3 Å². The van der Waals surface area contributed by atoms with Crippen LogP contribution in [0.15, 0.2) is 36.4 Å². The average molecular weight is 250 g/mol. The lowest BCUT2D eigenvalue weighted by molar-refractivity contribution is 0.185. The highest BCUT2D eigenvalue weighted by molar-refractivity contribution is 6.29. The molecule has 17 heavy (non-hydrogen) atoms. The molecule has 5 heteroatoms. The summed E-state index contributed by atoms with van der Waals surface area (Å²) < 4.78 is 5.13. The molecule has 0 spiro atoms. The molecule has 0 radical (unpaired) electrons. The number of benzene rings is 1. The van der Waals surface area contributed by atoms with Gasteiger partial charge in [0.1, 0.15) is 0 Å². The first-order valence-electron chi connectivity index (χ1n) is 5.12. The SMILES string of the molecule is COCc1ccccc1Nc1ccc(Cl)nn1. The van der Waals surface area contributed by atoms with Crippen LogP contribution in [0.25, 0.3) is 0 Å². The molecule has 4 nitrogen and oxygen atoms in total. The monoisotopic (exact) mass is 249 g/mol. The Morgan fingerprint density at radius 2 is 2.00 bits per heavy atom. The Balaban J connectivity index is 2.20.